The minimum atomic E-state index is 0.0428. The van der Waals surface area contributed by atoms with Crippen LogP contribution in [0.3, 0.4) is 0 Å². The molecule has 1 N–H and O–H groups in total. The zero-order chi connectivity index (χ0) is 18.7. The molecule has 1 saturated carbocycles. The van der Waals surface area contributed by atoms with Gasteiger partial charge in [-0.3, -0.25) is 14.3 Å². The maximum Gasteiger partial charge on any atom is 0.225 e. The average molecular weight is 362 g/mol. The molecule has 0 radical (unpaired) electrons. The topological polar surface area (TPSA) is 76.5 Å². The molecule has 0 spiro atoms. The maximum absolute atomic E-state index is 12.6. The smallest absolute Gasteiger partial charge is 0.225 e. The predicted octanol–water partition coefficient (Wildman–Crippen LogP) is 1.11. The molecule has 1 aromatic heterocycles. The molecule has 0 unspecified atom stereocenters. The molecule has 144 valence electrons. The van der Waals surface area contributed by atoms with E-state index >= 15 is 0 Å². The summed E-state index contributed by atoms with van der Waals surface area (Å²) in [5.74, 6) is 0.338. The molecular weight excluding hydrogens is 332 g/mol. The number of ether oxygens (including phenoxy) is 1. The Labute approximate surface area is 155 Å². The van der Waals surface area contributed by atoms with Crippen molar-refractivity contribution in [2.24, 2.45) is 13.0 Å². The van der Waals surface area contributed by atoms with Gasteiger partial charge in [-0.1, -0.05) is 0 Å². The summed E-state index contributed by atoms with van der Waals surface area (Å²) in [5.41, 5.74) is 3.27. The van der Waals surface area contributed by atoms with Crippen LogP contribution in [-0.4, -0.2) is 58.8 Å². The van der Waals surface area contributed by atoms with Gasteiger partial charge in [0.1, 0.15) is 0 Å². The van der Waals surface area contributed by atoms with Crippen LogP contribution in [0.5, 0.6) is 0 Å². The zero-order valence-corrected chi connectivity index (χ0v) is 16.1. The van der Waals surface area contributed by atoms with Gasteiger partial charge in [0.15, 0.2) is 0 Å². The number of carbonyl (C=O) groups is 2. The monoisotopic (exact) mass is 362 g/mol. The molecule has 2 atom stereocenters. The van der Waals surface area contributed by atoms with Crippen LogP contribution in [0, 0.1) is 19.8 Å². The van der Waals surface area contributed by atoms with Crippen molar-refractivity contribution in [2.45, 2.75) is 52.0 Å². The van der Waals surface area contributed by atoms with Crippen molar-refractivity contribution in [3.8, 4) is 0 Å². The van der Waals surface area contributed by atoms with Crippen LogP contribution in [0.4, 0.5) is 0 Å². The lowest BCUT2D eigenvalue weighted by atomic mass is 10.1. The average Bonchev–Trinajstić information content (AvgIpc) is 3.18. The van der Waals surface area contributed by atoms with E-state index in [-0.39, 0.29) is 23.8 Å². The minimum absolute atomic E-state index is 0.0428. The standard InChI is InChI=1S/C19H30N4O3/c1-13-17(14(2)22(3)21-13)6-7-18(24)20-16-5-4-15(12-16)19(25)23-8-10-26-11-9-23/h15-16H,4-12H2,1-3H3,(H,20,24)/t15-,16+/m1/s1. The van der Waals surface area contributed by atoms with E-state index in [1.165, 1.54) is 0 Å². The highest BCUT2D eigenvalue weighted by Crippen LogP contribution is 2.28. The normalized spacial score (nSPS) is 23.3. The summed E-state index contributed by atoms with van der Waals surface area (Å²) in [5, 5.41) is 7.52. The molecule has 3 rings (SSSR count). The van der Waals surface area contributed by atoms with E-state index in [0.29, 0.717) is 39.1 Å². The Balaban J connectivity index is 1.44. The summed E-state index contributed by atoms with van der Waals surface area (Å²) in [7, 11) is 1.93. The van der Waals surface area contributed by atoms with Crippen molar-refractivity contribution < 1.29 is 14.3 Å². The molecule has 1 aromatic rings. The second-order valence-corrected chi connectivity index (χ2v) is 7.49. The molecule has 2 aliphatic rings. The summed E-state index contributed by atoms with van der Waals surface area (Å²) in [6, 6.07) is 0.119. The number of aromatic nitrogens is 2. The van der Waals surface area contributed by atoms with Crippen LogP contribution in [0.25, 0.3) is 0 Å². The van der Waals surface area contributed by atoms with Crippen molar-refractivity contribution in [3.63, 3.8) is 0 Å². The number of nitrogens with one attached hydrogen (secondary N) is 1. The summed E-state index contributed by atoms with van der Waals surface area (Å²) >= 11 is 0. The van der Waals surface area contributed by atoms with Gasteiger partial charge in [-0.15, -0.1) is 0 Å². The van der Waals surface area contributed by atoms with Crippen LogP contribution in [0.1, 0.15) is 42.6 Å². The second-order valence-electron chi connectivity index (χ2n) is 7.49. The third-order valence-corrected chi connectivity index (χ3v) is 5.73. The molecule has 1 saturated heterocycles. The van der Waals surface area contributed by atoms with E-state index in [1.807, 2.05) is 30.5 Å². The summed E-state index contributed by atoms with van der Waals surface area (Å²) < 4.78 is 7.17. The summed E-state index contributed by atoms with van der Waals surface area (Å²) in [4.78, 5) is 26.8. The number of aryl methyl sites for hydroxylation is 2. The Hall–Kier alpha value is -1.89. The number of hydrogen-bond donors (Lipinski definition) is 1. The van der Waals surface area contributed by atoms with Gasteiger partial charge in [-0.2, -0.15) is 5.10 Å². The van der Waals surface area contributed by atoms with E-state index < -0.39 is 0 Å². The number of rotatable bonds is 5. The fourth-order valence-corrected chi connectivity index (χ4v) is 4.10. The molecular formula is C19H30N4O3. The van der Waals surface area contributed by atoms with Gasteiger partial charge >= 0.3 is 0 Å². The van der Waals surface area contributed by atoms with Crippen LogP contribution in [0.15, 0.2) is 0 Å². The molecule has 0 bridgehead atoms. The fraction of sp³-hybridized carbons (Fsp3) is 0.737. The summed E-state index contributed by atoms with van der Waals surface area (Å²) in [6.45, 7) is 6.66. The van der Waals surface area contributed by atoms with Gasteiger partial charge < -0.3 is 15.0 Å². The number of carbonyl (C=O) groups excluding carboxylic acids is 2. The molecule has 7 heteroatoms. The van der Waals surface area contributed by atoms with Crippen molar-refractivity contribution in [1.29, 1.82) is 0 Å². The van der Waals surface area contributed by atoms with Gasteiger partial charge in [0.2, 0.25) is 11.8 Å². The summed E-state index contributed by atoms with van der Waals surface area (Å²) in [6.07, 6.45) is 3.68. The quantitative estimate of drug-likeness (QED) is 0.851. The Morgan fingerprint density at radius 3 is 2.62 bits per heavy atom. The van der Waals surface area contributed by atoms with Crippen LogP contribution < -0.4 is 5.32 Å². The molecule has 26 heavy (non-hydrogen) atoms. The number of nitrogens with zero attached hydrogens (tertiary/aromatic N) is 3. The van der Waals surface area contributed by atoms with E-state index in [1.54, 1.807) is 0 Å². The number of amides is 2. The number of morpholine rings is 1. The molecule has 2 fully saturated rings. The first-order valence-corrected chi connectivity index (χ1v) is 9.60. The molecule has 7 nitrogen and oxygen atoms in total. The van der Waals surface area contributed by atoms with Crippen molar-refractivity contribution in [2.75, 3.05) is 26.3 Å². The Kier molecular flexibility index (Phi) is 5.96. The fourth-order valence-electron chi connectivity index (χ4n) is 4.10. The highest BCUT2D eigenvalue weighted by Gasteiger charge is 2.33. The van der Waals surface area contributed by atoms with Crippen LogP contribution >= 0.6 is 0 Å². The van der Waals surface area contributed by atoms with Gasteiger partial charge in [0, 0.05) is 44.2 Å². The first-order valence-electron chi connectivity index (χ1n) is 9.60. The highest BCUT2D eigenvalue weighted by atomic mass is 16.5. The van der Waals surface area contributed by atoms with Gasteiger partial charge in [0.05, 0.1) is 18.9 Å². The third-order valence-electron chi connectivity index (χ3n) is 5.73. The molecule has 0 aromatic carbocycles. The lowest BCUT2D eigenvalue weighted by molar-refractivity contribution is -0.139. The first-order chi connectivity index (χ1) is 12.5. The lowest BCUT2D eigenvalue weighted by Crippen LogP contribution is -2.43. The lowest BCUT2D eigenvalue weighted by Gasteiger charge is -2.29. The van der Waals surface area contributed by atoms with E-state index in [0.717, 1.165) is 36.2 Å². The van der Waals surface area contributed by atoms with E-state index in [9.17, 15) is 9.59 Å². The van der Waals surface area contributed by atoms with Crippen LogP contribution in [0.2, 0.25) is 0 Å². The van der Waals surface area contributed by atoms with Gasteiger partial charge in [0.25, 0.3) is 0 Å². The predicted molar refractivity (Wildman–Crippen MR) is 97.7 cm³/mol. The number of hydrogen-bond acceptors (Lipinski definition) is 4. The van der Waals surface area contributed by atoms with Crippen LogP contribution in [-0.2, 0) is 27.8 Å². The molecule has 1 aliphatic carbocycles. The molecule has 2 heterocycles. The minimum Gasteiger partial charge on any atom is -0.378 e. The maximum atomic E-state index is 12.6. The first kappa shape index (κ1) is 18.9. The van der Waals surface area contributed by atoms with Crippen molar-refractivity contribution in [1.82, 2.24) is 20.0 Å². The van der Waals surface area contributed by atoms with Crippen molar-refractivity contribution >= 4 is 11.8 Å². The zero-order valence-electron chi connectivity index (χ0n) is 16.1. The Morgan fingerprint density at radius 2 is 1.96 bits per heavy atom. The Bertz CT molecular complexity index is 664. The largest absolute Gasteiger partial charge is 0.378 e. The molecule has 1 aliphatic heterocycles. The van der Waals surface area contributed by atoms with Crippen molar-refractivity contribution in [3.05, 3.63) is 17.0 Å². The second kappa shape index (κ2) is 8.20. The SMILES string of the molecule is Cc1nn(C)c(C)c1CCC(=O)N[C@H]1CC[C@@H](C(=O)N2CCOCC2)C1. The van der Waals surface area contributed by atoms with E-state index in [4.69, 9.17) is 4.74 Å². The third kappa shape index (κ3) is 4.26. The Morgan fingerprint density at radius 1 is 1.23 bits per heavy atom. The van der Waals surface area contributed by atoms with Gasteiger partial charge in [-0.25, -0.2) is 0 Å². The van der Waals surface area contributed by atoms with E-state index in [2.05, 4.69) is 10.4 Å². The highest BCUT2D eigenvalue weighted by molar-refractivity contribution is 5.80. The van der Waals surface area contributed by atoms with Gasteiger partial charge in [-0.05, 0) is 45.1 Å². The molecule has 2 amide bonds.